The molecule has 3 aromatic rings. The number of esters is 1. The van der Waals surface area contributed by atoms with Gasteiger partial charge in [0.25, 0.3) is 0 Å². The molecule has 0 aliphatic heterocycles. The van der Waals surface area contributed by atoms with Crippen LogP contribution < -0.4 is 0 Å². The van der Waals surface area contributed by atoms with Crippen molar-refractivity contribution in [3.05, 3.63) is 67.8 Å². The van der Waals surface area contributed by atoms with Crippen molar-refractivity contribution in [3.63, 3.8) is 0 Å². The van der Waals surface area contributed by atoms with Crippen LogP contribution in [0.5, 0.6) is 0 Å². The average Bonchev–Trinajstić information content (AvgIpc) is 3.39. The van der Waals surface area contributed by atoms with Gasteiger partial charge < -0.3 is 9.26 Å². The number of aromatic nitrogens is 3. The second-order valence-electron chi connectivity index (χ2n) is 7.49. The highest BCUT2D eigenvalue weighted by atomic mass is 79.9. The molecule has 1 N–H and O–H groups in total. The molecular formula is C22H22BrN3O4. The van der Waals surface area contributed by atoms with Crippen LogP contribution in [0.2, 0.25) is 0 Å². The Morgan fingerprint density at radius 1 is 1.30 bits per heavy atom. The van der Waals surface area contributed by atoms with Crippen LogP contribution in [0.15, 0.2) is 27.2 Å². The SMILES string of the molecule is CCOC(=O)c1noc(C2CC2)c1C(=O)c1ccc(Br)cc1Cc1c(C)n[nH]c1C. The summed E-state index contributed by atoms with van der Waals surface area (Å²) in [6.45, 7) is 5.80. The summed E-state index contributed by atoms with van der Waals surface area (Å²) in [5.74, 6) is -0.316. The summed E-state index contributed by atoms with van der Waals surface area (Å²) in [6.07, 6.45) is 2.37. The van der Waals surface area contributed by atoms with Gasteiger partial charge in [0.2, 0.25) is 5.69 Å². The first-order valence-corrected chi connectivity index (χ1v) is 10.7. The van der Waals surface area contributed by atoms with E-state index in [9.17, 15) is 9.59 Å². The number of aromatic amines is 1. The van der Waals surface area contributed by atoms with Crippen molar-refractivity contribution in [2.75, 3.05) is 6.61 Å². The molecule has 1 fully saturated rings. The standard InChI is InChI=1S/C22H22BrN3O4/c1-4-29-22(28)19-18(21(30-26-19)13-5-6-13)20(27)16-8-7-15(23)9-14(16)10-17-11(2)24-25-12(17)3/h7-9,13H,4-6,10H2,1-3H3,(H,24,25). The third kappa shape index (κ3) is 3.84. The zero-order valence-electron chi connectivity index (χ0n) is 17.0. The van der Waals surface area contributed by atoms with Gasteiger partial charge in [0.1, 0.15) is 5.56 Å². The lowest BCUT2D eigenvalue weighted by Gasteiger charge is -2.11. The van der Waals surface area contributed by atoms with E-state index in [0.29, 0.717) is 17.7 Å². The van der Waals surface area contributed by atoms with E-state index in [0.717, 1.165) is 39.8 Å². The Labute approximate surface area is 182 Å². The van der Waals surface area contributed by atoms with E-state index in [-0.39, 0.29) is 29.6 Å². The van der Waals surface area contributed by atoms with E-state index < -0.39 is 5.97 Å². The van der Waals surface area contributed by atoms with Crippen molar-refractivity contribution in [2.45, 2.75) is 46.0 Å². The van der Waals surface area contributed by atoms with Crippen molar-refractivity contribution in [2.24, 2.45) is 0 Å². The van der Waals surface area contributed by atoms with Crippen LogP contribution in [0, 0.1) is 13.8 Å². The number of carbonyl (C=O) groups excluding carboxylic acids is 2. The molecule has 0 atom stereocenters. The van der Waals surface area contributed by atoms with Crippen molar-refractivity contribution in [3.8, 4) is 0 Å². The molecule has 1 saturated carbocycles. The molecule has 0 radical (unpaired) electrons. The van der Waals surface area contributed by atoms with Crippen LogP contribution in [0.1, 0.15) is 80.4 Å². The fourth-order valence-corrected chi connectivity index (χ4v) is 3.98. The smallest absolute Gasteiger partial charge is 0.361 e. The van der Waals surface area contributed by atoms with Gasteiger partial charge in [0, 0.05) is 33.6 Å². The molecular weight excluding hydrogens is 450 g/mol. The minimum Gasteiger partial charge on any atom is -0.461 e. The molecule has 0 spiro atoms. The fourth-order valence-electron chi connectivity index (χ4n) is 3.57. The number of hydrogen-bond donors (Lipinski definition) is 1. The van der Waals surface area contributed by atoms with E-state index in [1.54, 1.807) is 13.0 Å². The van der Waals surface area contributed by atoms with E-state index >= 15 is 0 Å². The third-order valence-corrected chi connectivity index (χ3v) is 5.82. The Balaban J connectivity index is 1.79. The molecule has 4 rings (SSSR count). The topological polar surface area (TPSA) is 98.1 Å². The van der Waals surface area contributed by atoms with Crippen LogP contribution >= 0.6 is 15.9 Å². The minimum atomic E-state index is -0.642. The molecule has 2 heterocycles. The number of halogens is 1. The largest absolute Gasteiger partial charge is 0.461 e. The summed E-state index contributed by atoms with van der Waals surface area (Å²) in [6, 6.07) is 5.51. The van der Waals surface area contributed by atoms with E-state index in [1.807, 2.05) is 26.0 Å². The average molecular weight is 472 g/mol. The number of H-pyrrole nitrogens is 1. The number of ether oxygens (including phenoxy) is 1. The molecule has 0 unspecified atom stereocenters. The number of nitrogens with zero attached hydrogens (tertiary/aromatic N) is 2. The van der Waals surface area contributed by atoms with E-state index in [2.05, 4.69) is 31.3 Å². The first-order valence-electron chi connectivity index (χ1n) is 9.90. The first-order chi connectivity index (χ1) is 14.4. The quantitative estimate of drug-likeness (QED) is 0.397. The van der Waals surface area contributed by atoms with Gasteiger partial charge in [-0.25, -0.2) is 4.79 Å². The lowest BCUT2D eigenvalue weighted by Crippen LogP contribution is -2.14. The number of hydrogen-bond acceptors (Lipinski definition) is 6. The Kier molecular flexibility index (Phi) is 5.60. The molecule has 1 aliphatic carbocycles. The number of carbonyl (C=O) groups is 2. The molecule has 2 aromatic heterocycles. The molecule has 7 nitrogen and oxygen atoms in total. The fraction of sp³-hybridized carbons (Fsp3) is 0.364. The Morgan fingerprint density at radius 2 is 2.07 bits per heavy atom. The summed E-state index contributed by atoms with van der Waals surface area (Å²) in [7, 11) is 0. The Bertz CT molecular complexity index is 1110. The summed E-state index contributed by atoms with van der Waals surface area (Å²) >= 11 is 3.50. The van der Waals surface area contributed by atoms with Crippen molar-refractivity contribution in [1.29, 1.82) is 0 Å². The molecule has 156 valence electrons. The summed E-state index contributed by atoms with van der Waals surface area (Å²) in [5, 5.41) is 11.1. The lowest BCUT2D eigenvalue weighted by atomic mass is 9.92. The lowest BCUT2D eigenvalue weighted by molar-refractivity contribution is 0.0512. The summed E-state index contributed by atoms with van der Waals surface area (Å²) in [4.78, 5) is 26.1. The van der Waals surface area contributed by atoms with Gasteiger partial charge in [0.05, 0.1) is 12.3 Å². The van der Waals surface area contributed by atoms with Gasteiger partial charge in [-0.2, -0.15) is 5.10 Å². The highest BCUT2D eigenvalue weighted by molar-refractivity contribution is 9.10. The molecule has 8 heteroatoms. The molecule has 0 amide bonds. The normalized spacial score (nSPS) is 13.5. The Hall–Kier alpha value is -2.74. The molecule has 1 aliphatic rings. The minimum absolute atomic E-state index is 0.0479. The molecule has 0 bridgehead atoms. The third-order valence-electron chi connectivity index (χ3n) is 5.32. The zero-order chi connectivity index (χ0) is 21.4. The monoisotopic (exact) mass is 471 g/mol. The van der Waals surface area contributed by atoms with Crippen LogP contribution in [-0.2, 0) is 11.2 Å². The van der Waals surface area contributed by atoms with E-state index in [4.69, 9.17) is 9.26 Å². The van der Waals surface area contributed by atoms with Gasteiger partial charge in [-0.15, -0.1) is 0 Å². The van der Waals surface area contributed by atoms with Crippen molar-refractivity contribution >= 4 is 27.7 Å². The van der Waals surface area contributed by atoms with E-state index in [1.165, 1.54) is 0 Å². The van der Waals surface area contributed by atoms with Gasteiger partial charge >= 0.3 is 5.97 Å². The molecule has 0 saturated heterocycles. The van der Waals surface area contributed by atoms with Crippen LogP contribution in [0.25, 0.3) is 0 Å². The predicted octanol–water partition coefficient (Wildman–Crippen LogP) is 4.65. The highest BCUT2D eigenvalue weighted by Crippen LogP contribution is 2.43. The first kappa shape index (κ1) is 20.5. The van der Waals surface area contributed by atoms with Crippen LogP contribution in [-0.4, -0.2) is 33.7 Å². The summed E-state index contributed by atoms with van der Waals surface area (Å²) in [5.41, 5.74) is 4.41. The zero-order valence-corrected chi connectivity index (χ0v) is 18.6. The summed E-state index contributed by atoms with van der Waals surface area (Å²) < 4.78 is 11.4. The maximum absolute atomic E-state index is 13.7. The number of nitrogens with one attached hydrogen (secondary N) is 1. The predicted molar refractivity (Wildman–Crippen MR) is 113 cm³/mol. The van der Waals surface area contributed by atoms with Crippen molar-refractivity contribution in [1.82, 2.24) is 15.4 Å². The van der Waals surface area contributed by atoms with Crippen LogP contribution in [0.3, 0.4) is 0 Å². The Morgan fingerprint density at radius 3 is 2.70 bits per heavy atom. The van der Waals surface area contributed by atoms with Gasteiger partial charge in [-0.05, 0) is 57.4 Å². The molecule has 30 heavy (non-hydrogen) atoms. The van der Waals surface area contributed by atoms with Crippen LogP contribution in [0.4, 0.5) is 0 Å². The number of rotatable bonds is 7. The number of benzene rings is 1. The maximum Gasteiger partial charge on any atom is 0.361 e. The number of ketones is 1. The van der Waals surface area contributed by atoms with Gasteiger partial charge in [-0.3, -0.25) is 9.89 Å². The second kappa shape index (κ2) is 8.18. The van der Waals surface area contributed by atoms with Crippen molar-refractivity contribution < 1.29 is 18.8 Å². The second-order valence-corrected chi connectivity index (χ2v) is 8.40. The highest BCUT2D eigenvalue weighted by Gasteiger charge is 2.38. The van der Waals surface area contributed by atoms with Gasteiger partial charge in [-0.1, -0.05) is 21.1 Å². The maximum atomic E-state index is 13.7. The molecule has 1 aromatic carbocycles. The number of aryl methyl sites for hydroxylation is 2. The van der Waals surface area contributed by atoms with Gasteiger partial charge in [0.15, 0.2) is 11.5 Å².